The molecule has 1 aliphatic rings. The molecule has 0 amide bonds. The highest BCUT2D eigenvalue weighted by Gasteiger charge is 2.28. The van der Waals surface area contributed by atoms with Crippen LogP contribution in [0, 0.1) is 17.6 Å². The van der Waals surface area contributed by atoms with Crippen LogP contribution >= 0.6 is 0 Å². The number of fused-ring (bicyclic) bond motifs is 1. The number of halogens is 2. The third-order valence-electron chi connectivity index (χ3n) is 7.27. The summed E-state index contributed by atoms with van der Waals surface area (Å²) in [7, 11) is 1.45. The van der Waals surface area contributed by atoms with Crippen molar-refractivity contribution in [2.24, 2.45) is 5.92 Å². The van der Waals surface area contributed by atoms with E-state index in [1.165, 1.54) is 13.2 Å². The molecule has 0 bridgehead atoms. The van der Waals surface area contributed by atoms with Gasteiger partial charge in [-0.2, -0.15) is 0 Å². The molecule has 2 atom stereocenters. The molecule has 0 fully saturated rings. The van der Waals surface area contributed by atoms with Crippen LogP contribution in [-0.2, 0) is 24.2 Å². The molecule has 0 radical (unpaired) electrons. The number of carbonyl (C=O) groups is 1. The summed E-state index contributed by atoms with van der Waals surface area (Å²) in [5, 5.41) is 9.27. The van der Waals surface area contributed by atoms with Crippen LogP contribution in [0.2, 0.25) is 0 Å². The fourth-order valence-corrected chi connectivity index (χ4v) is 4.90. The minimum absolute atomic E-state index is 0.233. The van der Waals surface area contributed by atoms with Gasteiger partial charge in [0.05, 0.1) is 19.2 Å². The third kappa shape index (κ3) is 5.80. The molecule has 1 unspecified atom stereocenters. The van der Waals surface area contributed by atoms with Gasteiger partial charge in [0.1, 0.15) is 23.5 Å². The smallest absolute Gasteiger partial charge is 0.306 e. The van der Waals surface area contributed by atoms with Crippen molar-refractivity contribution in [3.63, 3.8) is 0 Å². The number of hydrogen-bond donors (Lipinski definition) is 1. The zero-order chi connectivity index (χ0) is 27.4. The van der Waals surface area contributed by atoms with E-state index in [4.69, 9.17) is 9.47 Å². The lowest BCUT2D eigenvalue weighted by atomic mass is 9.91. The number of ether oxygens (including phenoxy) is 2. The summed E-state index contributed by atoms with van der Waals surface area (Å²) in [5.74, 6) is -1.44. The van der Waals surface area contributed by atoms with Crippen LogP contribution in [-0.4, -0.2) is 41.2 Å². The van der Waals surface area contributed by atoms with E-state index in [9.17, 15) is 14.3 Å². The lowest BCUT2D eigenvalue weighted by molar-refractivity contribution is -0.141. The number of rotatable bonds is 10. The maximum Gasteiger partial charge on any atom is 0.306 e. The van der Waals surface area contributed by atoms with Gasteiger partial charge in [-0.3, -0.25) is 9.69 Å². The summed E-state index contributed by atoms with van der Waals surface area (Å²) in [5.41, 5.74) is 3.39. The van der Waals surface area contributed by atoms with E-state index in [1.807, 2.05) is 32.0 Å². The van der Waals surface area contributed by atoms with Gasteiger partial charge >= 0.3 is 5.97 Å². The van der Waals surface area contributed by atoms with E-state index in [2.05, 4.69) is 9.88 Å². The second-order valence-corrected chi connectivity index (χ2v) is 9.69. The van der Waals surface area contributed by atoms with Crippen molar-refractivity contribution in [3.8, 4) is 22.8 Å². The highest BCUT2D eigenvalue weighted by atomic mass is 19.1. The molecule has 8 heteroatoms. The molecule has 4 rings (SSSR count). The fraction of sp³-hybridized carbons (Fsp3) is 0.400. The van der Waals surface area contributed by atoms with E-state index in [0.717, 1.165) is 17.3 Å². The topological polar surface area (TPSA) is 71.9 Å². The van der Waals surface area contributed by atoms with Crippen LogP contribution in [0.5, 0.6) is 11.6 Å². The second kappa shape index (κ2) is 11.9. The zero-order valence-corrected chi connectivity index (χ0v) is 22.3. The summed E-state index contributed by atoms with van der Waals surface area (Å²) in [4.78, 5) is 17.3. The molecule has 38 heavy (non-hydrogen) atoms. The summed E-state index contributed by atoms with van der Waals surface area (Å²) >= 11 is 0. The van der Waals surface area contributed by atoms with E-state index < -0.39 is 29.6 Å². The summed E-state index contributed by atoms with van der Waals surface area (Å²) < 4.78 is 42.7. The number of hydrogen-bond acceptors (Lipinski definition) is 5. The van der Waals surface area contributed by atoms with Crippen molar-refractivity contribution in [1.29, 1.82) is 0 Å². The first-order valence-electron chi connectivity index (χ1n) is 13.0. The van der Waals surface area contributed by atoms with E-state index in [0.29, 0.717) is 61.3 Å². The number of methoxy groups -OCH3 is 1. The van der Waals surface area contributed by atoms with E-state index in [-0.39, 0.29) is 11.4 Å². The fourth-order valence-electron chi connectivity index (χ4n) is 4.90. The van der Waals surface area contributed by atoms with Crippen LogP contribution in [0.3, 0.4) is 0 Å². The number of nitrogens with zero attached hydrogens (tertiary/aromatic N) is 2. The van der Waals surface area contributed by atoms with E-state index in [1.54, 1.807) is 19.1 Å². The SMILES string of the molecule is CCN(CC)Cc1c(-c2cc(OC)ncc2F)ccc([C@H]2CCc3ccc(CC(C)C(=O)O)cc3O2)c1F. The predicted octanol–water partition coefficient (Wildman–Crippen LogP) is 6.21. The van der Waals surface area contributed by atoms with Gasteiger partial charge in [0, 0.05) is 29.3 Å². The summed E-state index contributed by atoms with van der Waals surface area (Å²) in [6.45, 7) is 7.42. The predicted molar refractivity (Wildman–Crippen MR) is 141 cm³/mol. The molecular weight excluding hydrogens is 490 g/mol. The Balaban J connectivity index is 1.72. The average Bonchev–Trinajstić information content (AvgIpc) is 2.92. The van der Waals surface area contributed by atoms with Gasteiger partial charge in [0.15, 0.2) is 0 Å². The molecule has 1 aromatic heterocycles. The number of aromatic nitrogens is 1. The molecule has 0 saturated heterocycles. The molecule has 0 spiro atoms. The number of carboxylic acid groups (broad SMARTS) is 1. The Morgan fingerprint density at radius 2 is 1.95 bits per heavy atom. The van der Waals surface area contributed by atoms with Crippen LogP contribution in [0.1, 0.15) is 55.5 Å². The van der Waals surface area contributed by atoms with Crippen LogP contribution < -0.4 is 9.47 Å². The van der Waals surface area contributed by atoms with Crippen molar-refractivity contribution >= 4 is 5.97 Å². The Morgan fingerprint density at radius 3 is 2.63 bits per heavy atom. The molecular formula is C30H34F2N2O4. The van der Waals surface area contributed by atoms with Crippen LogP contribution in [0.4, 0.5) is 8.78 Å². The van der Waals surface area contributed by atoms with Crippen LogP contribution in [0.15, 0.2) is 42.6 Å². The first kappa shape index (κ1) is 27.5. The largest absolute Gasteiger partial charge is 0.485 e. The van der Waals surface area contributed by atoms with Gasteiger partial charge in [-0.1, -0.05) is 45.0 Å². The van der Waals surface area contributed by atoms with Gasteiger partial charge in [0.25, 0.3) is 0 Å². The minimum Gasteiger partial charge on any atom is -0.485 e. The molecule has 2 heterocycles. The Labute approximate surface area is 222 Å². The standard InChI is InChI=1S/C30H34F2N2O4/c1-5-34(6-2)17-24-21(23-15-28(37-4)33-16-25(23)31)10-11-22(29(24)32)26-12-9-20-8-7-19(14-27(20)38-26)13-18(3)30(35)36/h7-8,10-11,14-16,18,26H,5-6,9,12-13,17H2,1-4H3,(H,35,36)/t18?,26-/m1/s1. The van der Waals surface area contributed by atoms with Gasteiger partial charge in [-0.15, -0.1) is 0 Å². The molecule has 3 aromatic rings. The van der Waals surface area contributed by atoms with Gasteiger partial charge in [-0.05, 0) is 55.1 Å². The van der Waals surface area contributed by atoms with Gasteiger partial charge < -0.3 is 14.6 Å². The Hall–Kier alpha value is -3.52. The molecule has 1 N–H and O–H groups in total. The molecule has 6 nitrogen and oxygen atoms in total. The van der Waals surface area contributed by atoms with Gasteiger partial charge in [0.2, 0.25) is 5.88 Å². The third-order valence-corrected chi connectivity index (χ3v) is 7.27. The highest BCUT2D eigenvalue weighted by molar-refractivity contribution is 5.70. The highest BCUT2D eigenvalue weighted by Crippen LogP contribution is 2.40. The Bertz CT molecular complexity index is 1310. The Morgan fingerprint density at radius 1 is 1.18 bits per heavy atom. The first-order chi connectivity index (χ1) is 18.2. The van der Waals surface area contributed by atoms with Crippen molar-refractivity contribution in [2.75, 3.05) is 20.2 Å². The van der Waals surface area contributed by atoms with Crippen LogP contribution in [0.25, 0.3) is 11.1 Å². The quantitative estimate of drug-likeness (QED) is 0.340. The first-order valence-corrected chi connectivity index (χ1v) is 13.0. The minimum atomic E-state index is -0.854. The lowest BCUT2D eigenvalue weighted by Gasteiger charge is -2.29. The summed E-state index contributed by atoms with van der Waals surface area (Å²) in [6.07, 6.45) is 2.25. The number of pyridine rings is 1. The lowest BCUT2D eigenvalue weighted by Crippen LogP contribution is -2.24. The molecule has 2 aromatic carbocycles. The monoisotopic (exact) mass is 524 g/mol. The second-order valence-electron chi connectivity index (χ2n) is 9.69. The maximum absolute atomic E-state index is 16.3. The van der Waals surface area contributed by atoms with E-state index >= 15 is 4.39 Å². The molecule has 0 aliphatic carbocycles. The van der Waals surface area contributed by atoms with Crippen molar-refractivity contribution in [2.45, 2.75) is 52.7 Å². The van der Waals surface area contributed by atoms with Gasteiger partial charge in [-0.25, -0.2) is 13.8 Å². The normalized spacial score (nSPS) is 15.6. The maximum atomic E-state index is 16.3. The number of aryl methyl sites for hydroxylation is 1. The zero-order valence-electron chi connectivity index (χ0n) is 22.3. The number of benzene rings is 2. The summed E-state index contributed by atoms with van der Waals surface area (Å²) in [6, 6.07) is 10.7. The van der Waals surface area contributed by atoms with Crippen molar-refractivity contribution < 1.29 is 28.2 Å². The van der Waals surface area contributed by atoms with Crippen molar-refractivity contribution in [3.05, 3.63) is 76.5 Å². The molecule has 202 valence electrons. The number of carboxylic acids is 1. The average molecular weight is 525 g/mol. The molecule has 0 saturated carbocycles. The Kier molecular flexibility index (Phi) is 8.62. The van der Waals surface area contributed by atoms with Crippen molar-refractivity contribution in [1.82, 2.24) is 9.88 Å². The number of aliphatic carboxylic acids is 1. The molecule has 1 aliphatic heterocycles.